The lowest BCUT2D eigenvalue weighted by molar-refractivity contribution is -0.124. The summed E-state index contributed by atoms with van der Waals surface area (Å²) in [5.41, 5.74) is -0.711. The van der Waals surface area contributed by atoms with Crippen LogP contribution >= 0.6 is 0 Å². The van der Waals surface area contributed by atoms with Gasteiger partial charge in [-0.3, -0.25) is 14.4 Å². The molecule has 1 aromatic rings. The molecule has 0 saturated carbocycles. The third-order valence-corrected chi connectivity index (χ3v) is 2.15. The molecule has 0 aliphatic rings. The molecule has 0 unspecified atom stereocenters. The molecule has 2 amide bonds. The summed E-state index contributed by atoms with van der Waals surface area (Å²) in [6, 6.07) is 1.80. The summed E-state index contributed by atoms with van der Waals surface area (Å²) in [5.74, 6) is -0.807. The second-order valence-corrected chi connectivity index (χ2v) is 5.24. The van der Waals surface area contributed by atoms with Gasteiger partial charge in [-0.25, -0.2) is 5.10 Å². The fourth-order valence-corrected chi connectivity index (χ4v) is 1.28. The van der Waals surface area contributed by atoms with E-state index in [4.69, 9.17) is 0 Å². The molecule has 1 heterocycles. The largest absolute Gasteiger partial charge is 0.350 e. The van der Waals surface area contributed by atoms with Crippen molar-refractivity contribution >= 4 is 11.8 Å². The van der Waals surface area contributed by atoms with E-state index in [1.54, 1.807) is 6.92 Å². The topological polar surface area (TPSA) is 104 Å². The Balaban J connectivity index is 2.64. The molecule has 0 radical (unpaired) electrons. The average Bonchev–Trinajstić information content (AvgIpc) is 2.27. The number of hydrogen-bond donors (Lipinski definition) is 3. The van der Waals surface area contributed by atoms with E-state index >= 15 is 0 Å². The highest BCUT2D eigenvalue weighted by atomic mass is 16.2. The maximum absolute atomic E-state index is 11.8. The van der Waals surface area contributed by atoms with E-state index < -0.39 is 17.5 Å². The molecule has 0 spiro atoms. The smallest absolute Gasteiger partial charge is 0.272 e. The molecule has 3 N–H and O–H groups in total. The molecular formula is C12H18N4O3. The monoisotopic (exact) mass is 266 g/mol. The van der Waals surface area contributed by atoms with Crippen molar-refractivity contribution in [2.45, 2.75) is 39.3 Å². The minimum atomic E-state index is -0.694. The number of carbonyl (C=O) groups excluding carboxylic acids is 2. The molecule has 7 heteroatoms. The summed E-state index contributed by atoms with van der Waals surface area (Å²) in [4.78, 5) is 34.4. The van der Waals surface area contributed by atoms with E-state index in [0.717, 1.165) is 0 Å². The second-order valence-electron chi connectivity index (χ2n) is 5.24. The number of hydrogen-bond acceptors (Lipinski definition) is 4. The van der Waals surface area contributed by atoms with Crippen LogP contribution in [0.4, 0.5) is 0 Å². The van der Waals surface area contributed by atoms with Crippen molar-refractivity contribution in [3.63, 3.8) is 0 Å². The highest BCUT2D eigenvalue weighted by Crippen LogP contribution is 2.00. The Bertz CT molecular complexity index is 510. The van der Waals surface area contributed by atoms with Gasteiger partial charge in [0.05, 0.1) is 0 Å². The Morgan fingerprint density at radius 2 is 1.95 bits per heavy atom. The Hall–Kier alpha value is -2.18. The molecule has 1 aromatic heterocycles. The first-order chi connectivity index (χ1) is 8.69. The fourth-order valence-electron chi connectivity index (χ4n) is 1.28. The number of H-pyrrole nitrogens is 1. The van der Waals surface area contributed by atoms with E-state index in [-0.39, 0.29) is 17.1 Å². The van der Waals surface area contributed by atoms with Crippen LogP contribution in [-0.2, 0) is 4.79 Å². The van der Waals surface area contributed by atoms with Gasteiger partial charge in [0.1, 0.15) is 11.7 Å². The molecule has 0 aromatic carbocycles. The van der Waals surface area contributed by atoms with E-state index in [9.17, 15) is 14.4 Å². The minimum Gasteiger partial charge on any atom is -0.350 e. The van der Waals surface area contributed by atoms with Gasteiger partial charge in [0.15, 0.2) is 0 Å². The lowest BCUT2D eigenvalue weighted by Crippen LogP contribution is -2.51. The van der Waals surface area contributed by atoms with E-state index in [1.165, 1.54) is 12.1 Å². The van der Waals surface area contributed by atoms with Crippen molar-refractivity contribution in [1.29, 1.82) is 0 Å². The second kappa shape index (κ2) is 5.64. The Morgan fingerprint density at radius 1 is 1.32 bits per heavy atom. The first-order valence-corrected chi connectivity index (χ1v) is 5.87. The van der Waals surface area contributed by atoms with Crippen molar-refractivity contribution in [2.24, 2.45) is 0 Å². The highest BCUT2D eigenvalue weighted by Gasteiger charge is 2.21. The van der Waals surface area contributed by atoms with Crippen molar-refractivity contribution < 1.29 is 9.59 Å². The van der Waals surface area contributed by atoms with Crippen LogP contribution < -0.4 is 16.2 Å². The summed E-state index contributed by atoms with van der Waals surface area (Å²) in [6.45, 7) is 7.12. The molecule has 0 saturated heterocycles. The number of aromatic amines is 1. The predicted octanol–water partition coefficient (Wildman–Crippen LogP) is -0.197. The summed E-state index contributed by atoms with van der Waals surface area (Å²) in [5, 5.41) is 11.0. The number of aromatic nitrogens is 2. The maximum atomic E-state index is 11.8. The normalized spacial score (nSPS) is 12.6. The first kappa shape index (κ1) is 14.9. The van der Waals surface area contributed by atoms with Crippen LogP contribution in [0.1, 0.15) is 38.2 Å². The van der Waals surface area contributed by atoms with Crippen molar-refractivity contribution in [3.05, 3.63) is 28.2 Å². The number of amides is 2. The van der Waals surface area contributed by atoms with Crippen molar-refractivity contribution in [1.82, 2.24) is 20.8 Å². The molecule has 0 fully saturated rings. The Labute approximate surface area is 110 Å². The summed E-state index contributed by atoms with van der Waals surface area (Å²) < 4.78 is 0. The van der Waals surface area contributed by atoms with Crippen LogP contribution in [0.25, 0.3) is 0 Å². The van der Waals surface area contributed by atoms with Crippen LogP contribution in [-0.4, -0.2) is 33.6 Å². The van der Waals surface area contributed by atoms with Gasteiger partial charge >= 0.3 is 0 Å². The zero-order chi connectivity index (χ0) is 14.6. The van der Waals surface area contributed by atoms with Crippen LogP contribution in [0.15, 0.2) is 16.9 Å². The SMILES string of the molecule is C[C@H](NC(=O)c1ccc(=O)[nH]n1)C(=O)NC(C)(C)C. The van der Waals surface area contributed by atoms with Gasteiger partial charge < -0.3 is 10.6 Å². The number of carbonyl (C=O) groups is 2. The van der Waals surface area contributed by atoms with Gasteiger partial charge in [0.25, 0.3) is 11.5 Å². The number of rotatable bonds is 3. The first-order valence-electron chi connectivity index (χ1n) is 5.87. The molecule has 19 heavy (non-hydrogen) atoms. The summed E-state index contributed by atoms with van der Waals surface area (Å²) in [7, 11) is 0. The van der Waals surface area contributed by atoms with Crippen LogP contribution in [0.3, 0.4) is 0 Å². The third-order valence-electron chi connectivity index (χ3n) is 2.15. The Kier molecular flexibility index (Phi) is 4.42. The zero-order valence-electron chi connectivity index (χ0n) is 11.4. The third kappa shape index (κ3) is 4.90. The van der Waals surface area contributed by atoms with Gasteiger partial charge in [0, 0.05) is 11.6 Å². The summed E-state index contributed by atoms with van der Waals surface area (Å²) in [6.07, 6.45) is 0. The number of nitrogens with one attached hydrogen (secondary N) is 3. The van der Waals surface area contributed by atoms with Crippen LogP contribution in [0.2, 0.25) is 0 Å². The van der Waals surface area contributed by atoms with E-state index in [1.807, 2.05) is 20.8 Å². The number of nitrogens with zero attached hydrogens (tertiary/aromatic N) is 1. The highest BCUT2D eigenvalue weighted by molar-refractivity contribution is 5.95. The molecule has 0 aliphatic carbocycles. The Morgan fingerprint density at radius 3 is 2.42 bits per heavy atom. The van der Waals surface area contributed by atoms with Crippen LogP contribution in [0, 0.1) is 0 Å². The summed E-state index contributed by atoms with van der Waals surface area (Å²) >= 11 is 0. The van der Waals surface area contributed by atoms with E-state index in [2.05, 4.69) is 20.8 Å². The van der Waals surface area contributed by atoms with Gasteiger partial charge in [-0.1, -0.05) is 0 Å². The fraction of sp³-hybridized carbons (Fsp3) is 0.500. The van der Waals surface area contributed by atoms with Crippen molar-refractivity contribution in [3.8, 4) is 0 Å². The molecule has 0 bridgehead atoms. The molecule has 1 rings (SSSR count). The van der Waals surface area contributed by atoms with E-state index in [0.29, 0.717) is 0 Å². The van der Waals surface area contributed by atoms with Gasteiger partial charge in [-0.05, 0) is 33.8 Å². The maximum Gasteiger partial charge on any atom is 0.272 e. The van der Waals surface area contributed by atoms with Gasteiger partial charge in [-0.15, -0.1) is 0 Å². The molecular weight excluding hydrogens is 248 g/mol. The molecule has 7 nitrogen and oxygen atoms in total. The molecule has 1 atom stereocenters. The van der Waals surface area contributed by atoms with Gasteiger partial charge in [-0.2, -0.15) is 5.10 Å². The molecule has 0 aliphatic heterocycles. The standard InChI is InChI=1S/C12H18N4O3/c1-7(10(18)14-12(2,3)4)13-11(19)8-5-6-9(17)16-15-8/h5-7H,1-4H3,(H,13,19)(H,14,18)(H,16,17)/t7-/m0/s1. The minimum absolute atomic E-state index is 0.0509. The van der Waals surface area contributed by atoms with Crippen molar-refractivity contribution in [2.75, 3.05) is 0 Å². The lowest BCUT2D eigenvalue weighted by atomic mass is 10.1. The molecule has 104 valence electrons. The van der Waals surface area contributed by atoms with Crippen LogP contribution in [0.5, 0.6) is 0 Å². The zero-order valence-corrected chi connectivity index (χ0v) is 11.4. The average molecular weight is 266 g/mol. The quantitative estimate of drug-likeness (QED) is 0.705. The predicted molar refractivity (Wildman–Crippen MR) is 69.7 cm³/mol. The van der Waals surface area contributed by atoms with Gasteiger partial charge in [0.2, 0.25) is 5.91 Å². The lowest BCUT2D eigenvalue weighted by Gasteiger charge is -2.23.